The Hall–Kier alpha value is -1.88. The Morgan fingerprint density at radius 1 is 1.35 bits per heavy atom. The molecule has 1 aromatic heterocycles. The summed E-state index contributed by atoms with van der Waals surface area (Å²) in [4.78, 5) is 0. The standard InChI is InChI=1S/C15H20FN3O/c1-4-17-9-12-8-13(16)5-6-15(12)20-10-14-7-11(2)18-19(14)3/h5-8,17H,4,9-10H2,1-3H3. The zero-order valence-electron chi connectivity index (χ0n) is 12.1. The van der Waals surface area contributed by atoms with Gasteiger partial charge in [0.1, 0.15) is 18.2 Å². The summed E-state index contributed by atoms with van der Waals surface area (Å²) in [6.07, 6.45) is 0. The highest BCUT2D eigenvalue weighted by molar-refractivity contribution is 5.34. The van der Waals surface area contributed by atoms with Crippen molar-refractivity contribution in [2.24, 2.45) is 7.05 Å². The van der Waals surface area contributed by atoms with Gasteiger partial charge in [-0.15, -0.1) is 0 Å². The summed E-state index contributed by atoms with van der Waals surface area (Å²) in [6.45, 7) is 5.79. The van der Waals surface area contributed by atoms with Crippen molar-refractivity contribution in [2.45, 2.75) is 27.0 Å². The van der Waals surface area contributed by atoms with E-state index >= 15 is 0 Å². The number of nitrogens with zero attached hydrogens (tertiary/aromatic N) is 2. The number of rotatable bonds is 6. The van der Waals surface area contributed by atoms with Crippen molar-refractivity contribution in [3.8, 4) is 5.75 Å². The van der Waals surface area contributed by atoms with Gasteiger partial charge >= 0.3 is 0 Å². The van der Waals surface area contributed by atoms with Gasteiger partial charge in [-0.05, 0) is 37.7 Å². The minimum Gasteiger partial charge on any atom is -0.487 e. The summed E-state index contributed by atoms with van der Waals surface area (Å²) in [5.74, 6) is 0.452. The van der Waals surface area contributed by atoms with Crippen molar-refractivity contribution in [3.05, 3.63) is 47.0 Å². The molecule has 0 radical (unpaired) electrons. The number of nitrogens with one attached hydrogen (secondary N) is 1. The van der Waals surface area contributed by atoms with E-state index in [2.05, 4.69) is 10.4 Å². The normalized spacial score (nSPS) is 10.8. The van der Waals surface area contributed by atoms with Crippen molar-refractivity contribution in [1.82, 2.24) is 15.1 Å². The highest BCUT2D eigenvalue weighted by Crippen LogP contribution is 2.21. The van der Waals surface area contributed by atoms with Gasteiger partial charge < -0.3 is 10.1 Å². The molecular formula is C15H20FN3O. The van der Waals surface area contributed by atoms with Crippen LogP contribution in [-0.2, 0) is 20.2 Å². The van der Waals surface area contributed by atoms with Crippen LogP contribution in [0.1, 0.15) is 23.9 Å². The molecule has 0 bridgehead atoms. The number of hydrogen-bond acceptors (Lipinski definition) is 3. The monoisotopic (exact) mass is 277 g/mol. The minimum absolute atomic E-state index is 0.248. The molecule has 0 atom stereocenters. The molecule has 0 amide bonds. The van der Waals surface area contributed by atoms with Gasteiger partial charge in [-0.25, -0.2) is 4.39 Å². The maximum Gasteiger partial charge on any atom is 0.130 e. The summed E-state index contributed by atoms with van der Waals surface area (Å²) in [7, 11) is 1.88. The van der Waals surface area contributed by atoms with E-state index in [1.165, 1.54) is 12.1 Å². The lowest BCUT2D eigenvalue weighted by atomic mass is 10.2. The lowest BCUT2D eigenvalue weighted by molar-refractivity contribution is 0.290. The first-order valence-corrected chi connectivity index (χ1v) is 6.71. The third-order valence-electron chi connectivity index (χ3n) is 3.06. The summed E-state index contributed by atoms with van der Waals surface area (Å²) >= 11 is 0. The molecule has 108 valence electrons. The van der Waals surface area contributed by atoms with Crippen LogP contribution in [0.15, 0.2) is 24.3 Å². The predicted octanol–water partition coefficient (Wildman–Crippen LogP) is 2.56. The highest BCUT2D eigenvalue weighted by Gasteiger charge is 2.08. The van der Waals surface area contributed by atoms with E-state index in [4.69, 9.17) is 4.74 Å². The number of aromatic nitrogens is 2. The molecule has 0 fully saturated rings. The van der Waals surface area contributed by atoms with E-state index in [9.17, 15) is 4.39 Å². The zero-order valence-corrected chi connectivity index (χ0v) is 12.1. The van der Waals surface area contributed by atoms with E-state index in [0.717, 1.165) is 23.5 Å². The van der Waals surface area contributed by atoms with E-state index in [-0.39, 0.29) is 5.82 Å². The van der Waals surface area contributed by atoms with Crippen LogP contribution >= 0.6 is 0 Å². The van der Waals surface area contributed by atoms with Crippen LogP contribution in [0.4, 0.5) is 4.39 Å². The average molecular weight is 277 g/mol. The van der Waals surface area contributed by atoms with Gasteiger partial charge in [0.2, 0.25) is 0 Å². The summed E-state index contributed by atoms with van der Waals surface area (Å²) in [6, 6.07) is 6.57. The topological polar surface area (TPSA) is 39.1 Å². The van der Waals surface area contributed by atoms with Gasteiger partial charge in [-0.2, -0.15) is 5.10 Å². The molecular weight excluding hydrogens is 257 g/mol. The number of aryl methyl sites for hydroxylation is 2. The SMILES string of the molecule is CCNCc1cc(F)ccc1OCc1cc(C)nn1C. The molecule has 0 aliphatic rings. The lowest BCUT2D eigenvalue weighted by Gasteiger charge is -2.12. The molecule has 2 rings (SSSR count). The van der Waals surface area contributed by atoms with Gasteiger partial charge in [-0.3, -0.25) is 4.68 Å². The molecule has 5 heteroatoms. The van der Waals surface area contributed by atoms with Gasteiger partial charge in [0.25, 0.3) is 0 Å². The second-order valence-corrected chi connectivity index (χ2v) is 4.72. The van der Waals surface area contributed by atoms with Crippen LogP contribution in [0, 0.1) is 12.7 Å². The minimum atomic E-state index is -0.248. The van der Waals surface area contributed by atoms with Crippen LogP contribution < -0.4 is 10.1 Å². The molecule has 0 unspecified atom stereocenters. The number of ether oxygens (including phenoxy) is 1. The van der Waals surface area contributed by atoms with E-state index < -0.39 is 0 Å². The van der Waals surface area contributed by atoms with E-state index in [1.54, 1.807) is 10.7 Å². The average Bonchev–Trinajstić information content (AvgIpc) is 2.73. The van der Waals surface area contributed by atoms with Crippen molar-refractivity contribution in [1.29, 1.82) is 0 Å². The van der Waals surface area contributed by atoms with Gasteiger partial charge in [0.05, 0.1) is 11.4 Å². The second-order valence-electron chi connectivity index (χ2n) is 4.72. The first-order valence-electron chi connectivity index (χ1n) is 6.71. The molecule has 1 N–H and O–H groups in total. The Morgan fingerprint density at radius 3 is 2.80 bits per heavy atom. The van der Waals surface area contributed by atoms with Crippen LogP contribution in [0.3, 0.4) is 0 Å². The van der Waals surface area contributed by atoms with Crippen LogP contribution in [0.25, 0.3) is 0 Å². The van der Waals surface area contributed by atoms with E-state index in [1.807, 2.05) is 27.0 Å². The highest BCUT2D eigenvalue weighted by atomic mass is 19.1. The Balaban J connectivity index is 2.10. The third kappa shape index (κ3) is 3.57. The fraction of sp³-hybridized carbons (Fsp3) is 0.400. The Labute approximate surface area is 118 Å². The van der Waals surface area contributed by atoms with Crippen molar-refractivity contribution in [2.75, 3.05) is 6.54 Å². The quantitative estimate of drug-likeness (QED) is 0.882. The zero-order chi connectivity index (χ0) is 14.5. The molecule has 2 aromatic rings. The molecule has 4 nitrogen and oxygen atoms in total. The molecule has 0 saturated heterocycles. The number of hydrogen-bond donors (Lipinski definition) is 1. The smallest absolute Gasteiger partial charge is 0.130 e. The summed E-state index contributed by atoms with van der Waals surface area (Å²) in [5.41, 5.74) is 2.77. The Morgan fingerprint density at radius 2 is 2.15 bits per heavy atom. The first kappa shape index (κ1) is 14.5. The predicted molar refractivity (Wildman–Crippen MR) is 76.1 cm³/mol. The van der Waals surface area contributed by atoms with E-state index in [0.29, 0.717) is 18.9 Å². The first-order chi connectivity index (χ1) is 9.60. The fourth-order valence-electron chi connectivity index (χ4n) is 2.04. The maximum atomic E-state index is 13.3. The maximum absolute atomic E-state index is 13.3. The molecule has 0 spiro atoms. The van der Waals surface area contributed by atoms with Gasteiger partial charge in [-0.1, -0.05) is 6.92 Å². The van der Waals surface area contributed by atoms with Gasteiger partial charge in [0.15, 0.2) is 0 Å². The Bertz CT molecular complexity index is 580. The fourth-order valence-corrected chi connectivity index (χ4v) is 2.04. The van der Waals surface area contributed by atoms with Crippen molar-refractivity contribution >= 4 is 0 Å². The van der Waals surface area contributed by atoms with Crippen LogP contribution in [0.2, 0.25) is 0 Å². The van der Waals surface area contributed by atoms with Gasteiger partial charge in [0, 0.05) is 19.2 Å². The number of benzene rings is 1. The van der Waals surface area contributed by atoms with Crippen molar-refractivity contribution in [3.63, 3.8) is 0 Å². The summed E-state index contributed by atoms with van der Waals surface area (Å²) < 4.78 is 20.9. The third-order valence-corrected chi connectivity index (χ3v) is 3.06. The van der Waals surface area contributed by atoms with Crippen molar-refractivity contribution < 1.29 is 9.13 Å². The lowest BCUT2D eigenvalue weighted by Crippen LogP contribution is -2.13. The molecule has 0 saturated carbocycles. The summed E-state index contributed by atoms with van der Waals surface area (Å²) in [5, 5.41) is 7.46. The number of halogens is 1. The largest absolute Gasteiger partial charge is 0.487 e. The molecule has 1 aromatic carbocycles. The molecule has 1 heterocycles. The Kier molecular flexibility index (Phi) is 4.74. The van der Waals surface area contributed by atoms with Crippen LogP contribution in [0.5, 0.6) is 5.75 Å². The molecule has 20 heavy (non-hydrogen) atoms. The molecule has 0 aliphatic heterocycles. The second kappa shape index (κ2) is 6.52. The van der Waals surface area contributed by atoms with Crippen LogP contribution in [-0.4, -0.2) is 16.3 Å². The molecule has 0 aliphatic carbocycles.